The average molecular weight is 284 g/mol. The van der Waals surface area contributed by atoms with Crippen molar-refractivity contribution in [1.82, 2.24) is 0 Å². The summed E-state index contributed by atoms with van der Waals surface area (Å²) in [6.45, 7) is 2.90. The molecule has 0 spiro atoms. The highest BCUT2D eigenvalue weighted by molar-refractivity contribution is 7.93. The maximum atomic E-state index is 13.1. The van der Waals surface area contributed by atoms with E-state index < -0.39 is 21.7 Å². The topological polar surface area (TPSA) is 78.2 Å². The van der Waals surface area contributed by atoms with Gasteiger partial charge in [0.1, 0.15) is 11.9 Å². The normalized spacial score (nSPS) is 10.8. The average Bonchev–Trinajstić information content (AvgIpc) is 2.40. The monoisotopic (exact) mass is 284 g/mol. The molecule has 5 nitrogen and oxygen atoms in total. The van der Waals surface area contributed by atoms with Crippen LogP contribution in [0.4, 0.5) is 10.1 Å². The number of hydrogen-bond acceptors (Lipinski definition) is 4. The Balaban J connectivity index is 3.52. The van der Waals surface area contributed by atoms with Crippen LogP contribution in [-0.4, -0.2) is 20.1 Å². The molecule has 0 aromatic heterocycles. The van der Waals surface area contributed by atoms with Crippen molar-refractivity contribution in [1.29, 1.82) is 5.26 Å². The molecule has 0 heterocycles. The van der Waals surface area contributed by atoms with E-state index in [9.17, 15) is 17.6 Å². The van der Waals surface area contributed by atoms with Crippen molar-refractivity contribution < 1.29 is 17.6 Å². The zero-order valence-corrected chi connectivity index (χ0v) is 11.4. The van der Waals surface area contributed by atoms with Gasteiger partial charge in [-0.25, -0.2) is 17.1 Å². The lowest BCUT2D eigenvalue weighted by Gasteiger charge is -2.22. The summed E-state index contributed by atoms with van der Waals surface area (Å²) < 4.78 is 37.5. The summed E-state index contributed by atoms with van der Waals surface area (Å²) >= 11 is 0. The summed E-state index contributed by atoms with van der Waals surface area (Å²) in [6.07, 6.45) is -0.0402. The Kier molecular flexibility index (Phi) is 4.62. The first kappa shape index (κ1) is 15.1. The van der Waals surface area contributed by atoms with E-state index in [0.717, 1.165) is 18.2 Å². The number of hydrogen-bond donors (Lipinski definition) is 0. The highest BCUT2D eigenvalue weighted by Gasteiger charge is 2.28. The van der Waals surface area contributed by atoms with E-state index >= 15 is 0 Å². The molecule has 7 heteroatoms. The van der Waals surface area contributed by atoms with Crippen LogP contribution in [-0.2, 0) is 14.8 Å². The molecule has 1 aromatic carbocycles. The summed E-state index contributed by atoms with van der Waals surface area (Å²) in [7, 11) is -3.86. The molecule has 102 valence electrons. The maximum absolute atomic E-state index is 13.1. The number of amides is 1. The number of anilines is 1. The molecule has 0 aliphatic heterocycles. The van der Waals surface area contributed by atoms with Crippen molar-refractivity contribution in [2.24, 2.45) is 0 Å². The Morgan fingerprint density at radius 3 is 2.53 bits per heavy atom. The van der Waals surface area contributed by atoms with Gasteiger partial charge >= 0.3 is 0 Å². The Bertz CT molecular complexity index is 635. The minimum Gasteiger partial charge on any atom is -0.273 e. The molecule has 0 aliphatic rings. The van der Waals surface area contributed by atoms with E-state index in [1.165, 1.54) is 13.8 Å². The second kappa shape index (κ2) is 5.80. The Hall–Kier alpha value is -1.94. The largest absolute Gasteiger partial charge is 0.273 e. The van der Waals surface area contributed by atoms with Crippen LogP contribution in [0, 0.1) is 17.1 Å². The Morgan fingerprint density at radius 1 is 1.42 bits per heavy atom. The molecule has 0 bridgehead atoms. The molecule has 0 aliphatic carbocycles. The number of halogens is 1. The predicted molar refractivity (Wildman–Crippen MR) is 68.4 cm³/mol. The van der Waals surface area contributed by atoms with Gasteiger partial charge in [0.25, 0.3) is 0 Å². The summed E-state index contributed by atoms with van der Waals surface area (Å²) in [5, 5.41) is 8.94. The van der Waals surface area contributed by atoms with Crippen molar-refractivity contribution in [2.45, 2.75) is 20.3 Å². The molecule has 0 radical (unpaired) electrons. The predicted octanol–water partition coefficient (Wildman–Crippen LogP) is 1.79. The lowest BCUT2D eigenvalue weighted by molar-refractivity contribution is -0.117. The lowest BCUT2D eigenvalue weighted by atomic mass is 10.2. The van der Waals surface area contributed by atoms with Crippen LogP contribution >= 0.6 is 0 Å². The summed E-state index contributed by atoms with van der Waals surface area (Å²) in [5.74, 6) is -1.62. The van der Waals surface area contributed by atoms with Gasteiger partial charge in [-0.05, 0) is 25.1 Å². The molecule has 0 fully saturated rings. The van der Waals surface area contributed by atoms with E-state index in [1.807, 2.05) is 0 Å². The fraction of sp³-hybridized carbons (Fsp3) is 0.333. The third-order valence-electron chi connectivity index (χ3n) is 2.47. The number of carbonyl (C=O) groups excluding carboxylic acids is 1. The molecule has 1 amide bonds. The highest BCUT2D eigenvalue weighted by Crippen LogP contribution is 2.25. The van der Waals surface area contributed by atoms with Gasteiger partial charge in [0, 0.05) is 6.42 Å². The molecule has 0 atom stereocenters. The van der Waals surface area contributed by atoms with Crippen LogP contribution in [0.3, 0.4) is 0 Å². The van der Waals surface area contributed by atoms with Crippen molar-refractivity contribution in [3.8, 4) is 6.07 Å². The molecule has 0 N–H and O–H groups in total. The first-order chi connectivity index (χ1) is 8.87. The number of carbonyl (C=O) groups is 1. The first-order valence-electron chi connectivity index (χ1n) is 5.62. The second-order valence-electron chi connectivity index (χ2n) is 3.69. The molecule has 1 rings (SSSR count). The minimum atomic E-state index is -3.86. The first-order valence-corrected chi connectivity index (χ1v) is 7.23. The Labute approximate surface area is 111 Å². The zero-order chi connectivity index (χ0) is 14.6. The standard InChI is InChI=1S/C12H13FN2O3S/c1-3-12(16)15(19(17,18)4-2)11-6-5-10(13)7-9(11)8-14/h5-7H,3-4H2,1-2H3. The van der Waals surface area contributed by atoms with Gasteiger partial charge in [0.2, 0.25) is 15.9 Å². The van der Waals surface area contributed by atoms with Crippen LogP contribution in [0.15, 0.2) is 18.2 Å². The van der Waals surface area contributed by atoms with Gasteiger partial charge in [-0.2, -0.15) is 5.26 Å². The number of rotatable bonds is 4. The number of benzene rings is 1. The van der Waals surface area contributed by atoms with Crippen LogP contribution < -0.4 is 4.31 Å². The van der Waals surface area contributed by atoms with E-state index in [4.69, 9.17) is 5.26 Å². The molecule has 19 heavy (non-hydrogen) atoms. The van der Waals surface area contributed by atoms with Gasteiger partial charge in [-0.1, -0.05) is 6.92 Å². The Morgan fingerprint density at radius 2 is 2.05 bits per heavy atom. The highest BCUT2D eigenvalue weighted by atomic mass is 32.2. The summed E-state index contributed by atoms with van der Waals surface area (Å²) in [4.78, 5) is 11.8. The quantitative estimate of drug-likeness (QED) is 0.844. The fourth-order valence-electron chi connectivity index (χ4n) is 1.49. The van der Waals surface area contributed by atoms with Gasteiger partial charge in [-0.15, -0.1) is 0 Å². The van der Waals surface area contributed by atoms with E-state index in [-0.39, 0.29) is 23.4 Å². The molecular weight excluding hydrogens is 271 g/mol. The number of nitriles is 1. The molecule has 0 saturated heterocycles. The molecule has 0 saturated carbocycles. The molecule has 1 aromatic rings. The smallest absolute Gasteiger partial charge is 0.241 e. The SMILES string of the molecule is CCC(=O)N(c1ccc(F)cc1C#N)S(=O)(=O)CC. The van der Waals surface area contributed by atoms with Gasteiger partial charge in [-0.3, -0.25) is 4.79 Å². The van der Waals surface area contributed by atoms with Crippen molar-refractivity contribution in [3.05, 3.63) is 29.6 Å². The molecular formula is C12H13FN2O3S. The van der Waals surface area contributed by atoms with Crippen LogP contribution in [0.2, 0.25) is 0 Å². The summed E-state index contributed by atoms with van der Waals surface area (Å²) in [5.41, 5.74) is -0.309. The van der Waals surface area contributed by atoms with Gasteiger partial charge < -0.3 is 0 Å². The van der Waals surface area contributed by atoms with Crippen molar-refractivity contribution in [3.63, 3.8) is 0 Å². The fourth-order valence-corrected chi connectivity index (χ4v) is 2.64. The van der Waals surface area contributed by atoms with E-state index in [1.54, 1.807) is 6.07 Å². The number of nitrogens with zero attached hydrogens (tertiary/aromatic N) is 2. The number of sulfonamides is 1. The third kappa shape index (κ3) is 3.09. The second-order valence-corrected chi connectivity index (χ2v) is 5.79. The molecule has 0 unspecified atom stereocenters. The minimum absolute atomic E-state index is 0.0402. The van der Waals surface area contributed by atoms with Crippen LogP contribution in [0.5, 0.6) is 0 Å². The van der Waals surface area contributed by atoms with Crippen LogP contribution in [0.25, 0.3) is 0 Å². The van der Waals surface area contributed by atoms with Gasteiger partial charge in [0.15, 0.2) is 0 Å². The van der Waals surface area contributed by atoms with E-state index in [2.05, 4.69) is 0 Å². The summed E-state index contributed by atoms with van der Waals surface area (Å²) in [6, 6.07) is 4.72. The van der Waals surface area contributed by atoms with Crippen molar-refractivity contribution in [2.75, 3.05) is 10.1 Å². The van der Waals surface area contributed by atoms with E-state index in [0.29, 0.717) is 4.31 Å². The lowest BCUT2D eigenvalue weighted by Crippen LogP contribution is -2.38. The third-order valence-corrected chi connectivity index (χ3v) is 4.16. The van der Waals surface area contributed by atoms with Gasteiger partial charge in [0.05, 0.1) is 17.0 Å². The maximum Gasteiger partial charge on any atom is 0.241 e. The van der Waals surface area contributed by atoms with Crippen molar-refractivity contribution >= 4 is 21.6 Å². The zero-order valence-electron chi connectivity index (χ0n) is 10.6. The van der Waals surface area contributed by atoms with Crippen LogP contribution in [0.1, 0.15) is 25.8 Å².